The van der Waals surface area contributed by atoms with Crippen molar-refractivity contribution >= 4 is 6.21 Å². The lowest BCUT2D eigenvalue weighted by molar-refractivity contribution is -0.936. The van der Waals surface area contributed by atoms with E-state index in [-0.39, 0.29) is 6.61 Å². The zero-order valence-electron chi connectivity index (χ0n) is 11.3. The smallest absolute Gasteiger partial charge is 0.182 e. The highest BCUT2D eigenvalue weighted by Crippen LogP contribution is 2.23. The normalized spacial score (nSPS) is 28.3. The molecule has 2 atom stereocenters. The molecule has 1 aliphatic rings. The first-order valence-corrected chi connectivity index (χ1v) is 6.88. The van der Waals surface area contributed by atoms with Crippen molar-refractivity contribution in [3.8, 4) is 0 Å². The summed E-state index contributed by atoms with van der Waals surface area (Å²) in [7, 11) is 0. The second kappa shape index (κ2) is 7.62. The molecule has 0 bridgehead atoms. The Balaban J connectivity index is 2.37. The van der Waals surface area contributed by atoms with Crippen LogP contribution in [0.2, 0.25) is 0 Å². The minimum Gasteiger partial charge on any atom is -0.391 e. The highest BCUT2D eigenvalue weighted by molar-refractivity contribution is 5.60. The van der Waals surface area contributed by atoms with E-state index in [1.807, 2.05) is 0 Å². The third-order valence-corrected chi connectivity index (χ3v) is 3.85. The van der Waals surface area contributed by atoms with Crippen molar-refractivity contribution in [1.29, 1.82) is 0 Å². The van der Waals surface area contributed by atoms with Crippen LogP contribution in [0.15, 0.2) is 17.1 Å². The standard InChI is InChI=1S/C14H27N2O/c1-3-5-6-7-8-9-14-15-10-11-16(14,4-2)12-13-17/h3,5,10,14,17H,4,6-9,11-13H2,1-2H3/q+1/b5-3+. The molecule has 0 amide bonds. The van der Waals surface area contributed by atoms with Crippen LogP contribution in [0.25, 0.3) is 0 Å². The molecule has 1 N–H and O–H groups in total. The van der Waals surface area contributed by atoms with Crippen LogP contribution in [-0.4, -0.2) is 48.2 Å². The number of rotatable bonds is 8. The highest BCUT2D eigenvalue weighted by Gasteiger charge is 2.36. The van der Waals surface area contributed by atoms with Crippen molar-refractivity contribution in [2.45, 2.75) is 45.7 Å². The Kier molecular flexibility index (Phi) is 6.45. The average molecular weight is 239 g/mol. The lowest BCUT2D eigenvalue weighted by Gasteiger charge is -2.37. The fraction of sp³-hybridized carbons (Fsp3) is 0.786. The van der Waals surface area contributed by atoms with E-state index in [9.17, 15) is 5.11 Å². The molecule has 17 heavy (non-hydrogen) atoms. The number of aliphatic hydroxyl groups excluding tert-OH is 1. The predicted octanol–water partition coefficient (Wildman–Crippen LogP) is 2.36. The van der Waals surface area contributed by atoms with Crippen LogP contribution >= 0.6 is 0 Å². The van der Waals surface area contributed by atoms with Crippen LogP contribution in [0.1, 0.15) is 39.5 Å². The van der Waals surface area contributed by atoms with Gasteiger partial charge in [0.1, 0.15) is 13.1 Å². The maximum Gasteiger partial charge on any atom is 0.182 e. The van der Waals surface area contributed by atoms with Crippen molar-refractivity contribution in [3.05, 3.63) is 12.2 Å². The molecule has 0 spiro atoms. The number of quaternary nitrogens is 1. The van der Waals surface area contributed by atoms with Crippen molar-refractivity contribution < 1.29 is 9.59 Å². The zero-order chi connectivity index (χ0) is 12.6. The molecule has 0 fully saturated rings. The number of aliphatic imine (C=N–C) groups is 1. The molecule has 3 nitrogen and oxygen atoms in total. The topological polar surface area (TPSA) is 32.6 Å². The van der Waals surface area contributed by atoms with Gasteiger partial charge in [0.15, 0.2) is 6.17 Å². The average Bonchev–Trinajstić information content (AvgIpc) is 2.73. The van der Waals surface area contributed by atoms with E-state index >= 15 is 0 Å². The predicted molar refractivity (Wildman–Crippen MR) is 73.2 cm³/mol. The van der Waals surface area contributed by atoms with Gasteiger partial charge >= 0.3 is 0 Å². The first-order valence-electron chi connectivity index (χ1n) is 6.88. The summed E-state index contributed by atoms with van der Waals surface area (Å²) in [5.41, 5.74) is 0. The van der Waals surface area contributed by atoms with Gasteiger partial charge in [-0.15, -0.1) is 0 Å². The van der Waals surface area contributed by atoms with E-state index in [0.29, 0.717) is 6.17 Å². The van der Waals surface area contributed by atoms with Gasteiger partial charge in [0.05, 0.1) is 19.4 Å². The Morgan fingerprint density at radius 3 is 2.94 bits per heavy atom. The number of hydrogen-bond donors (Lipinski definition) is 1. The molecule has 1 aliphatic heterocycles. The van der Waals surface area contributed by atoms with Crippen LogP contribution < -0.4 is 0 Å². The molecule has 2 unspecified atom stereocenters. The number of aliphatic hydroxyl groups is 1. The second-order valence-electron chi connectivity index (χ2n) is 4.83. The van der Waals surface area contributed by atoms with Gasteiger partial charge in [0.25, 0.3) is 0 Å². The summed E-state index contributed by atoms with van der Waals surface area (Å²) in [6.07, 6.45) is 11.6. The molecule has 0 saturated carbocycles. The number of unbranched alkanes of at least 4 members (excludes halogenated alkanes) is 2. The van der Waals surface area contributed by atoms with E-state index in [4.69, 9.17) is 0 Å². The van der Waals surface area contributed by atoms with Crippen molar-refractivity contribution in [3.63, 3.8) is 0 Å². The SMILES string of the molecule is C/C=C/CCCCC1N=CC[N+]1(CC)CCO. The minimum absolute atomic E-state index is 0.270. The summed E-state index contributed by atoms with van der Waals surface area (Å²) in [6.45, 7) is 7.46. The van der Waals surface area contributed by atoms with E-state index in [1.165, 1.54) is 19.3 Å². The molecule has 98 valence electrons. The minimum atomic E-state index is 0.270. The van der Waals surface area contributed by atoms with Gasteiger partial charge in [-0.05, 0) is 33.1 Å². The fourth-order valence-corrected chi connectivity index (χ4v) is 2.64. The summed E-state index contributed by atoms with van der Waals surface area (Å²) in [5.74, 6) is 0. The molecule has 3 heteroatoms. The number of likely N-dealkylation sites (N-methyl/N-ethyl adjacent to an activating group) is 1. The van der Waals surface area contributed by atoms with Gasteiger partial charge < -0.3 is 5.11 Å². The third-order valence-electron chi connectivity index (χ3n) is 3.85. The molecule has 1 rings (SSSR count). The van der Waals surface area contributed by atoms with Gasteiger partial charge in [0, 0.05) is 6.42 Å². The van der Waals surface area contributed by atoms with Crippen molar-refractivity contribution in [2.75, 3.05) is 26.2 Å². The van der Waals surface area contributed by atoms with E-state index in [2.05, 4.69) is 37.2 Å². The van der Waals surface area contributed by atoms with Crippen LogP contribution in [0, 0.1) is 0 Å². The first-order chi connectivity index (χ1) is 8.29. The van der Waals surface area contributed by atoms with E-state index < -0.39 is 0 Å². The fourth-order valence-electron chi connectivity index (χ4n) is 2.64. The molecule has 0 aromatic carbocycles. The molecular weight excluding hydrogens is 212 g/mol. The summed E-state index contributed by atoms with van der Waals surface area (Å²) in [4.78, 5) is 4.61. The molecule has 0 aromatic heterocycles. The summed E-state index contributed by atoms with van der Waals surface area (Å²) < 4.78 is 0.958. The monoisotopic (exact) mass is 239 g/mol. The van der Waals surface area contributed by atoms with Crippen LogP contribution in [-0.2, 0) is 0 Å². The number of hydrogen-bond acceptors (Lipinski definition) is 2. The lowest BCUT2D eigenvalue weighted by Crippen LogP contribution is -2.53. The number of nitrogens with zero attached hydrogens (tertiary/aromatic N) is 2. The van der Waals surface area contributed by atoms with Gasteiger partial charge in [0.2, 0.25) is 0 Å². The van der Waals surface area contributed by atoms with E-state index in [1.54, 1.807) is 0 Å². The first kappa shape index (κ1) is 14.4. The van der Waals surface area contributed by atoms with Crippen molar-refractivity contribution in [1.82, 2.24) is 0 Å². The van der Waals surface area contributed by atoms with Gasteiger partial charge in [-0.1, -0.05) is 12.2 Å². The van der Waals surface area contributed by atoms with Gasteiger partial charge in [-0.25, -0.2) is 4.99 Å². The highest BCUT2D eigenvalue weighted by atomic mass is 16.3. The molecular formula is C14H27N2O+. The Morgan fingerprint density at radius 2 is 2.29 bits per heavy atom. The maximum atomic E-state index is 9.20. The Bertz CT molecular complexity index is 263. The van der Waals surface area contributed by atoms with Crippen molar-refractivity contribution in [2.24, 2.45) is 4.99 Å². The number of allylic oxidation sites excluding steroid dienone is 2. The Morgan fingerprint density at radius 1 is 1.47 bits per heavy atom. The van der Waals surface area contributed by atoms with Crippen LogP contribution in [0.5, 0.6) is 0 Å². The summed E-state index contributed by atoms with van der Waals surface area (Å²) in [5, 5.41) is 9.20. The Hall–Kier alpha value is -0.670. The van der Waals surface area contributed by atoms with E-state index in [0.717, 1.165) is 30.5 Å². The summed E-state index contributed by atoms with van der Waals surface area (Å²) >= 11 is 0. The lowest BCUT2D eigenvalue weighted by atomic mass is 10.1. The molecule has 1 heterocycles. The van der Waals surface area contributed by atoms with Gasteiger partial charge in [-0.2, -0.15) is 0 Å². The maximum absolute atomic E-state index is 9.20. The largest absolute Gasteiger partial charge is 0.391 e. The van der Waals surface area contributed by atoms with Gasteiger partial charge in [-0.3, -0.25) is 4.48 Å². The Labute approximate surface area is 105 Å². The third kappa shape index (κ3) is 3.93. The second-order valence-corrected chi connectivity index (χ2v) is 4.83. The van der Waals surface area contributed by atoms with Crippen LogP contribution in [0.4, 0.5) is 0 Å². The molecule has 0 aromatic rings. The molecule has 0 saturated heterocycles. The van der Waals surface area contributed by atoms with Crippen LogP contribution in [0.3, 0.4) is 0 Å². The summed E-state index contributed by atoms with van der Waals surface area (Å²) in [6, 6.07) is 0. The zero-order valence-corrected chi connectivity index (χ0v) is 11.3. The molecule has 0 radical (unpaired) electrons. The molecule has 0 aliphatic carbocycles. The quantitative estimate of drug-likeness (QED) is 0.394.